The smallest absolute Gasteiger partial charge is 0.341 e. The maximum atomic E-state index is 13.0. The summed E-state index contributed by atoms with van der Waals surface area (Å²) in [5.41, 5.74) is 9.45. The van der Waals surface area contributed by atoms with Crippen LogP contribution in [0.1, 0.15) is 53.5 Å². The summed E-state index contributed by atoms with van der Waals surface area (Å²) in [6.45, 7) is 5.74. The summed E-state index contributed by atoms with van der Waals surface area (Å²) in [5, 5.41) is 17.0. The van der Waals surface area contributed by atoms with E-state index in [2.05, 4.69) is 65.6 Å². The molecule has 1 fully saturated rings. The highest BCUT2D eigenvalue weighted by atomic mass is 16.8. The lowest BCUT2D eigenvalue weighted by atomic mass is 9.98. The Morgan fingerprint density at radius 3 is 2.47 bits per heavy atom. The van der Waals surface area contributed by atoms with Crippen LogP contribution in [0.2, 0.25) is 0 Å². The average Bonchev–Trinajstić information content (AvgIpc) is 3.86. The molecule has 0 aliphatic carbocycles. The fourth-order valence-electron chi connectivity index (χ4n) is 6.60. The number of fused-ring (bicyclic) bond motifs is 2. The summed E-state index contributed by atoms with van der Waals surface area (Å²) in [4.78, 5) is 28.5. The topological polar surface area (TPSA) is 113 Å². The minimum atomic E-state index is -0.561. The third-order valence-corrected chi connectivity index (χ3v) is 9.09. The van der Waals surface area contributed by atoms with Crippen LogP contribution in [-0.4, -0.2) is 54.9 Å². The zero-order valence-corrected chi connectivity index (χ0v) is 28.0. The highest BCUT2D eigenvalue weighted by molar-refractivity contribution is 5.97. The Labute approximate surface area is 284 Å². The first-order valence-electron chi connectivity index (χ1n) is 16.7. The minimum absolute atomic E-state index is 0.396. The van der Waals surface area contributed by atoms with Gasteiger partial charge >= 0.3 is 5.97 Å². The summed E-state index contributed by atoms with van der Waals surface area (Å²) in [6.07, 6.45) is 3.72. The Bertz CT molecular complexity index is 2160. The SMILES string of the molecule is CCCc1nc2c(C)cc(-c3nc4ccccc4n3C)cc2n1Cc1ccc(-c2ccccc2C(=O)OCO/N=[N+](\[O-])N2CCCC2)cc1. The van der Waals surface area contributed by atoms with Crippen molar-refractivity contribution >= 4 is 28.0 Å². The summed E-state index contributed by atoms with van der Waals surface area (Å²) in [7, 11) is 2.06. The molecule has 7 rings (SSSR count). The molecule has 11 heteroatoms. The molecule has 1 aliphatic heterocycles. The van der Waals surface area contributed by atoms with Crippen molar-refractivity contribution in [1.82, 2.24) is 24.1 Å². The molecule has 0 saturated carbocycles. The Hall–Kier alpha value is -5.71. The molecule has 11 nitrogen and oxygen atoms in total. The number of hydrogen-bond acceptors (Lipinski definition) is 7. The van der Waals surface area contributed by atoms with Crippen LogP contribution in [0.15, 0.2) is 90.2 Å². The zero-order valence-electron chi connectivity index (χ0n) is 28.0. The van der Waals surface area contributed by atoms with Gasteiger partial charge in [0, 0.05) is 25.6 Å². The number of hydrogen-bond donors (Lipinski definition) is 0. The number of ether oxygens (including phenoxy) is 1. The molecular weight excluding hydrogens is 618 g/mol. The molecule has 0 N–H and O–H groups in total. The maximum absolute atomic E-state index is 13.0. The van der Waals surface area contributed by atoms with Crippen LogP contribution < -0.4 is 0 Å². The van der Waals surface area contributed by atoms with Crippen molar-refractivity contribution < 1.29 is 19.3 Å². The van der Waals surface area contributed by atoms with Gasteiger partial charge in [0.25, 0.3) is 6.79 Å². The van der Waals surface area contributed by atoms with Gasteiger partial charge in [-0.15, -0.1) is 5.01 Å². The van der Waals surface area contributed by atoms with Crippen LogP contribution in [-0.2, 0) is 29.6 Å². The number of esters is 1. The van der Waals surface area contributed by atoms with Crippen LogP contribution in [0.3, 0.4) is 0 Å². The minimum Gasteiger partial charge on any atom is -0.569 e. The zero-order chi connectivity index (χ0) is 33.9. The number of imidazole rings is 2. The number of hydrazine groups is 1. The first kappa shape index (κ1) is 31.9. The molecule has 4 aromatic carbocycles. The predicted octanol–water partition coefficient (Wildman–Crippen LogP) is 7.59. The van der Waals surface area contributed by atoms with E-state index in [1.807, 2.05) is 42.5 Å². The highest BCUT2D eigenvalue weighted by Gasteiger charge is 2.20. The third-order valence-electron chi connectivity index (χ3n) is 9.09. The van der Waals surface area contributed by atoms with Gasteiger partial charge in [0.2, 0.25) is 5.28 Å². The van der Waals surface area contributed by atoms with Gasteiger partial charge in [0.15, 0.2) is 0 Å². The highest BCUT2D eigenvalue weighted by Crippen LogP contribution is 2.31. The molecule has 2 aromatic heterocycles. The van der Waals surface area contributed by atoms with Crippen molar-refractivity contribution in [3.05, 3.63) is 113 Å². The van der Waals surface area contributed by atoms with E-state index in [4.69, 9.17) is 19.5 Å². The lowest BCUT2D eigenvalue weighted by Gasteiger charge is -2.13. The molecule has 0 bridgehead atoms. The van der Waals surface area contributed by atoms with E-state index in [1.165, 1.54) is 5.01 Å². The number of aryl methyl sites for hydroxylation is 3. The van der Waals surface area contributed by atoms with Gasteiger partial charge in [-0.05, 0) is 78.8 Å². The average molecular weight is 658 g/mol. The Balaban J connectivity index is 1.12. The van der Waals surface area contributed by atoms with E-state index >= 15 is 0 Å². The summed E-state index contributed by atoms with van der Waals surface area (Å²) in [5.74, 6) is 1.41. The number of carbonyl (C=O) groups excluding carboxylic acids is 1. The van der Waals surface area contributed by atoms with Gasteiger partial charge in [-0.2, -0.15) is 0 Å². The van der Waals surface area contributed by atoms with E-state index in [0.29, 0.717) is 30.2 Å². The molecule has 0 unspecified atom stereocenters. The van der Waals surface area contributed by atoms with E-state index in [0.717, 1.165) is 87.2 Å². The quantitative estimate of drug-likeness (QED) is 0.0352. The molecule has 0 amide bonds. The second kappa shape index (κ2) is 13.8. The molecule has 3 heterocycles. The fourth-order valence-corrected chi connectivity index (χ4v) is 6.60. The number of benzene rings is 4. The van der Waals surface area contributed by atoms with Crippen LogP contribution in [0.25, 0.3) is 44.6 Å². The standard InChI is InChI=1S/C38H39N7O4/c1-4-11-35-40-36-26(2)22-29(37-39-32-14-7-8-15-33(32)42(37)3)23-34(36)44(35)24-27-16-18-28(19-17-27)30-12-5-6-13-31(30)38(46)48-25-49-41-45(47)43-20-9-10-21-43/h5-8,12-19,22-23H,4,9-11,20-21,24-25H2,1-3H3/b45-41-. The number of carbonyl (C=O) groups is 1. The Morgan fingerprint density at radius 1 is 0.939 bits per heavy atom. The maximum Gasteiger partial charge on any atom is 0.341 e. The van der Waals surface area contributed by atoms with Crippen molar-refractivity contribution in [2.75, 3.05) is 19.9 Å². The normalized spacial score (nSPS) is 13.4. The molecule has 49 heavy (non-hydrogen) atoms. The van der Waals surface area contributed by atoms with E-state index < -0.39 is 12.8 Å². The van der Waals surface area contributed by atoms with Gasteiger partial charge < -0.3 is 23.9 Å². The van der Waals surface area contributed by atoms with Crippen LogP contribution in [0.4, 0.5) is 0 Å². The number of aromatic nitrogens is 4. The lowest BCUT2D eigenvalue weighted by Crippen LogP contribution is -2.27. The Morgan fingerprint density at radius 2 is 1.69 bits per heavy atom. The van der Waals surface area contributed by atoms with Crippen molar-refractivity contribution in [2.45, 2.75) is 46.1 Å². The second-order valence-corrected chi connectivity index (χ2v) is 12.4. The first-order valence-corrected chi connectivity index (χ1v) is 16.7. The monoisotopic (exact) mass is 657 g/mol. The number of nitrogens with zero attached hydrogens (tertiary/aromatic N) is 7. The molecule has 0 radical (unpaired) electrons. The summed E-state index contributed by atoms with van der Waals surface area (Å²) in [6, 6.07) is 28.1. The fraction of sp³-hybridized carbons (Fsp3) is 0.289. The van der Waals surface area contributed by atoms with Crippen molar-refractivity contribution in [3.63, 3.8) is 0 Å². The number of rotatable bonds is 11. The van der Waals surface area contributed by atoms with Gasteiger partial charge in [-0.3, -0.25) is 0 Å². The third kappa shape index (κ3) is 6.43. The molecule has 0 spiro atoms. The molecule has 250 valence electrons. The van der Waals surface area contributed by atoms with E-state index in [1.54, 1.807) is 12.1 Å². The Kier molecular flexibility index (Phi) is 8.97. The molecular formula is C38H39N7O4. The van der Waals surface area contributed by atoms with Crippen molar-refractivity contribution in [1.29, 1.82) is 0 Å². The van der Waals surface area contributed by atoms with Crippen LogP contribution in [0.5, 0.6) is 0 Å². The van der Waals surface area contributed by atoms with Crippen LogP contribution >= 0.6 is 0 Å². The van der Waals surface area contributed by atoms with Gasteiger partial charge in [0.05, 0.1) is 45.7 Å². The van der Waals surface area contributed by atoms with E-state index in [9.17, 15) is 10.0 Å². The van der Waals surface area contributed by atoms with Gasteiger partial charge in [-0.1, -0.05) is 61.5 Å². The van der Waals surface area contributed by atoms with Crippen molar-refractivity contribution in [2.24, 2.45) is 12.3 Å². The second-order valence-electron chi connectivity index (χ2n) is 12.4. The van der Waals surface area contributed by atoms with Crippen molar-refractivity contribution in [3.8, 4) is 22.5 Å². The van der Waals surface area contributed by atoms with Crippen LogP contribution in [0, 0.1) is 12.1 Å². The molecule has 1 aliphatic rings. The molecule has 6 aromatic rings. The first-order chi connectivity index (χ1) is 23.9. The van der Waals surface area contributed by atoms with Gasteiger partial charge in [-0.25, -0.2) is 14.8 Å². The largest absolute Gasteiger partial charge is 0.569 e. The molecule has 1 saturated heterocycles. The number of para-hydroxylation sites is 2. The molecule has 0 atom stereocenters. The summed E-state index contributed by atoms with van der Waals surface area (Å²) < 4.78 is 9.76. The predicted molar refractivity (Wildman–Crippen MR) is 187 cm³/mol. The lowest BCUT2D eigenvalue weighted by molar-refractivity contribution is -0.708. The van der Waals surface area contributed by atoms with E-state index in [-0.39, 0.29) is 0 Å². The summed E-state index contributed by atoms with van der Waals surface area (Å²) >= 11 is 0. The van der Waals surface area contributed by atoms with Gasteiger partial charge in [0.1, 0.15) is 11.6 Å².